The van der Waals surface area contributed by atoms with Gasteiger partial charge in [0.25, 0.3) is 0 Å². The van der Waals surface area contributed by atoms with Crippen molar-refractivity contribution in [3.63, 3.8) is 0 Å². The van der Waals surface area contributed by atoms with E-state index in [1.165, 1.54) is 0 Å². The standard InChI is InChI=1S/C7H5NO2/c8-10-7(9)6-4-2-1-3-5-6/h1-5H. The molecular weight excluding hydrogens is 130 g/mol. The molecule has 0 aliphatic heterocycles. The number of rotatable bonds is 1. The molecule has 0 bridgehead atoms. The Kier molecular flexibility index (Phi) is 2.02. The van der Waals surface area contributed by atoms with Crippen LogP contribution in [0.4, 0.5) is 0 Å². The fourth-order valence-corrected chi connectivity index (χ4v) is 0.627. The molecule has 0 unspecified atom stereocenters. The molecule has 1 aromatic rings. The van der Waals surface area contributed by atoms with Crippen LogP contribution in [0.15, 0.2) is 30.3 Å². The normalized spacial score (nSPS) is 8.90. The molecule has 0 N–H and O–H groups in total. The Hall–Kier alpha value is -1.35. The fraction of sp³-hybridized carbons (Fsp3) is 0. The van der Waals surface area contributed by atoms with Crippen molar-refractivity contribution in [2.45, 2.75) is 0 Å². The summed E-state index contributed by atoms with van der Waals surface area (Å²) in [7, 11) is 0. The van der Waals surface area contributed by atoms with Crippen LogP contribution in [-0.2, 0) is 4.84 Å². The van der Waals surface area contributed by atoms with Gasteiger partial charge in [-0.05, 0) is 12.1 Å². The van der Waals surface area contributed by atoms with Gasteiger partial charge in [0, 0.05) is 0 Å². The minimum atomic E-state index is -0.736. The second-order valence-corrected chi connectivity index (χ2v) is 1.74. The Morgan fingerprint density at radius 1 is 1.30 bits per heavy atom. The Balaban J connectivity index is 2.85. The highest BCUT2D eigenvalue weighted by molar-refractivity contribution is 5.88. The van der Waals surface area contributed by atoms with Crippen LogP contribution in [0.25, 0.3) is 0 Å². The SMILES string of the molecule is [N]OC(=O)c1ccccc1. The zero-order valence-corrected chi connectivity index (χ0v) is 5.15. The van der Waals surface area contributed by atoms with E-state index in [4.69, 9.17) is 5.90 Å². The Morgan fingerprint density at radius 3 is 2.40 bits per heavy atom. The van der Waals surface area contributed by atoms with Crippen LogP contribution in [0.5, 0.6) is 0 Å². The van der Waals surface area contributed by atoms with Crippen molar-refractivity contribution in [3.8, 4) is 0 Å². The Bertz CT molecular complexity index is 220. The predicted octanol–water partition coefficient (Wildman–Crippen LogP) is 0.827. The third-order valence-electron chi connectivity index (χ3n) is 1.09. The van der Waals surface area contributed by atoms with E-state index in [0.717, 1.165) is 0 Å². The summed E-state index contributed by atoms with van der Waals surface area (Å²) in [5, 5.41) is 0. The average molecular weight is 135 g/mol. The third-order valence-corrected chi connectivity index (χ3v) is 1.09. The van der Waals surface area contributed by atoms with Gasteiger partial charge in [0.15, 0.2) is 0 Å². The predicted molar refractivity (Wildman–Crippen MR) is 34.0 cm³/mol. The maximum Gasteiger partial charge on any atom is 0.360 e. The smallest absolute Gasteiger partial charge is 0.324 e. The summed E-state index contributed by atoms with van der Waals surface area (Å²) < 4.78 is 0. The average Bonchev–Trinajstić information content (AvgIpc) is 2.05. The van der Waals surface area contributed by atoms with Crippen LogP contribution >= 0.6 is 0 Å². The van der Waals surface area contributed by atoms with Gasteiger partial charge < -0.3 is 4.84 Å². The highest BCUT2D eigenvalue weighted by Gasteiger charge is 2.02. The molecule has 50 valence electrons. The van der Waals surface area contributed by atoms with Crippen molar-refractivity contribution in [1.82, 2.24) is 5.90 Å². The molecule has 0 amide bonds. The molecule has 0 saturated carbocycles. The summed E-state index contributed by atoms with van der Waals surface area (Å²) in [6.07, 6.45) is 0. The molecule has 0 aromatic heterocycles. The summed E-state index contributed by atoms with van der Waals surface area (Å²) in [5.74, 6) is 7.20. The minimum Gasteiger partial charge on any atom is -0.324 e. The van der Waals surface area contributed by atoms with Crippen LogP contribution < -0.4 is 5.90 Å². The molecule has 0 saturated heterocycles. The van der Waals surface area contributed by atoms with Crippen molar-refractivity contribution in [3.05, 3.63) is 35.9 Å². The molecule has 10 heavy (non-hydrogen) atoms. The van der Waals surface area contributed by atoms with E-state index < -0.39 is 5.97 Å². The number of hydrogen-bond donors (Lipinski definition) is 0. The number of benzene rings is 1. The number of hydrogen-bond acceptors (Lipinski definition) is 2. The van der Waals surface area contributed by atoms with Gasteiger partial charge in [-0.15, -0.1) is 0 Å². The van der Waals surface area contributed by atoms with Gasteiger partial charge in [-0.1, -0.05) is 18.2 Å². The molecule has 0 spiro atoms. The molecule has 3 nitrogen and oxygen atoms in total. The summed E-state index contributed by atoms with van der Waals surface area (Å²) in [4.78, 5) is 14.0. The molecule has 0 heterocycles. The first-order valence-corrected chi connectivity index (χ1v) is 2.75. The monoisotopic (exact) mass is 135 g/mol. The first-order valence-electron chi connectivity index (χ1n) is 2.75. The molecule has 0 fully saturated rings. The maximum atomic E-state index is 10.5. The Labute approximate surface area is 58.4 Å². The molecular formula is C7H5NO2. The van der Waals surface area contributed by atoms with E-state index >= 15 is 0 Å². The highest BCUT2D eigenvalue weighted by atomic mass is 16.7. The lowest BCUT2D eigenvalue weighted by atomic mass is 10.2. The van der Waals surface area contributed by atoms with Gasteiger partial charge in [-0.2, -0.15) is 0 Å². The highest BCUT2D eigenvalue weighted by Crippen LogP contribution is 1.98. The zero-order valence-electron chi connectivity index (χ0n) is 5.15. The van der Waals surface area contributed by atoms with Crippen molar-refractivity contribution >= 4 is 5.97 Å². The van der Waals surface area contributed by atoms with Crippen LogP contribution in [0, 0.1) is 0 Å². The molecule has 1 rings (SSSR count). The van der Waals surface area contributed by atoms with Crippen molar-refractivity contribution < 1.29 is 9.63 Å². The first kappa shape index (κ1) is 6.77. The van der Waals surface area contributed by atoms with E-state index in [0.29, 0.717) is 5.56 Å². The minimum absolute atomic E-state index is 0.338. The second-order valence-electron chi connectivity index (χ2n) is 1.74. The van der Waals surface area contributed by atoms with Crippen LogP contribution in [0.2, 0.25) is 0 Å². The van der Waals surface area contributed by atoms with Crippen LogP contribution in [0.1, 0.15) is 10.4 Å². The lowest BCUT2D eigenvalue weighted by molar-refractivity contribution is 0.0464. The molecule has 2 radical (unpaired) electrons. The zero-order chi connectivity index (χ0) is 7.40. The largest absolute Gasteiger partial charge is 0.360 e. The lowest BCUT2D eigenvalue weighted by Crippen LogP contribution is -2.01. The van der Waals surface area contributed by atoms with Crippen molar-refractivity contribution in [2.24, 2.45) is 0 Å². The number of carbonyl (C=O) groups is 1. The van der Waals surface area contributed by atoms with Crippen LogP contribution in [0.3, 0.4) is 0 Å². The molecule has 0 aliphatic rings. The van der Waals surface area contributed by atoms with E-state index in [1.54, 1.807) is 30.3 Å². The second kappa shape index (κ2) is 2.98. The summed E-state index contributed by atoms with van der Waals surface area (Å²) in [6.45, 7) is 0. The summed E-state index contributed by atoms with van der Waals surface area (Å²) in [6, 6.07) is 8.25. The van der Waals surface area contributed by atoms with Crippen molar-refractivity contribution in [2.75, 3.05) is 0 Å². The fourth-order valence-electron chi connectivity index (χ4n) is 0.627. The van der Waals surface area contributed by atoms with Crippen molar-refractivity contribution in [1.29, 1.82) is 0 Å². The van der Waals surface area contributed by atoms with Gasteiger partial charge in [0.2, 0.25) is 0 Å². The number of carbonyl (C=O) groups excluding carboxylic acids is 1. The summed E-state index contributed by atoms with van der Waals surface area (Å²) >= 11 is 0. The van der Waals surface area contributed by atoms with Gasteiger partial charge in [0.1, 0.15) is 5.90 Å². The lowest BCUT2D eigenvalue weighted by Gasteiger charge is -1.91. The quantitative estimate of drug-likeness (QED) is 0.535. The molecule has 1 aromatic carbocycles. The molecule has 3 heteroatoms. The molecule has 0 aliphatic carbocycles. The summed E-state index contributed by atoms with van der Waals surface area (Å²) in [5.41, 5.74) is 0.338. The van der Waals surface area contributed by atoms with Gasteiger partial charge in [0.05, 0.1) is 5.56 Å². The molecule has 0 atom stereocenters. The topological polar surface area (TPSA) is 48.6 Å². The van der Waals surface area contributed by atoms with E-state index in [1.807, 2.05) is 0 Å². The van der Waals surface area contributed by atoms with E-state index in [2.05, 4.69) is 4.84 Å². The van der Waals surface area contributed by atoms with E-state index in [9.17, 15) is 4.79 Å². The number of nitrogens with zero attached hydrogens (tertiary/aromatic N) is 1. The maximum absolute atomic E-state index is 10.5. The van der Waals surface area contributed by atoms with Gasteiger partial charge >= 0.3 is 5.97 Å². The van der Waals surface area contributed by atoms with Gasteiger partial charge in [-0.3, -0.25) is 0 Å². The van der Waals surface area contributed by atoms with Crippen LogP contribution in [-0.4, -0.2) is 5.97 Å². The Morgan fingerprint density at radius 2 is 1.90 bits per heavy atom. The van der Waals surface area contributed by atoms with Gasteiger partial charge in [-0.25, -0.2) is 4.79 Å². The first-order chi connectivity index (χ1) is 4.84. The third kappa shape index (κ3) is 1.33. The van der Waals surface area contributed by atoms with E-state index in [-0.39, 0.29) is 0 Å².